The van der Waals surface area contributed by atoms with Crippen molar-refractivity contribution in [1.82, 2.24) is 4.98 Å². The molecule has 6 heteroatoms. The van der Waals surface area contributed by atoms with Crippen LogP contribution >= 0.6 is 23.4 Å². The molecule has 27 heavy (non-hydrogen) atoms. The average molecular weight is 400 g/mol. The van der Waals surface area contributed by atoms with Crippen molar-refractivity contribution in [3.05, 3.63) is 51.2 Å². The molecule has 3 rings (SSSR count). The maximum Gasteiger partial charge on any atom is 0.237 e. The van der Waals surface area contributed by atoms with Gasteiger partial charge >= 0.3 is 0 Å². The van der Waals surface area contributed by atoms with Gasteiger partial charge in [0, 0.05) is 5.69 Å². The first-order valence-electron chi connectivity index (χ1n) is 9.06. The molecule has 0 radical (unpaired) electrons. The number of rotatable bonds is 4. The molecule has 1 amide bonds. The predicted molar refractivity (Wildman–Crippen MR) is 110 cm³/mol. The third kappa shape index (κ3) is 4.45. The number of thioether (sulfide) groups is 1. The predicted octanol–water partition coefficient (Wildman–Crippen LogP) is 5.22. The first-order chi connectivity index (χ1) is 12.9. The van der Waals surface area contributed by atoms with Crippen molar-refractivity contribution in [2.24, 2.45) is 0 Å². The van der Waals surface area contributed by atoms with E-state index in [1.54, 1.807) is 0 Å². The van der Waals surface area contributed by atoms with Crippen LogP contribution in [0.5, 0.6) is 0 Å². The lowest BCUT2D eigenvalue weighted by atomic mass is 9.95. The standard InChI is InChI=1S/C21H22ClN3OS/c1-12-8-13(2)19(17(22)9-12)25-20(26)14(3)27-21-16(11-23)10-15-6-4-5-7-18(15)24-21/h8-10,14H,4-7H2,1-3H3,(H,25,26). The maximum absolute atomic E-state index is 12.7. The molecule has 1 aliphatic rings. The molecular formula is C21H22ClN3OS. The van der Waals surface area contributed by atoms with Crippen LogP contribution in [0.2, 0.25) is 5.02 Å². The van der Waals surface area contributed by atoms with Crippen molar-refractivity contribution in [2.75, 3.05) is 5.32 Å². The number of nitrogens with zero attached hydrogens (tertiary/aromatic N) is 2. The normalized spacial score (nSPS) is 14.2. The van der Waals surface area contributed by atoms with Crippen LogP contribution in [0.1, 0.15) is 47.7 Å². The smallest absolute Gasteiger partial charge is 0.237 e. The van der Waals surface area contributed by atoms with Gasteiger partial charge in [-0.05, 0) is 75.3 Å². The zero-order valence-corrected chi connectivity index (χ0v) is 17.3. The summed E-state index contributed by atoms with van der Waals surface area (Å²) in [7, 11) is 0. The minimum Gasteiger partial charge on any atom is -0.324 e. The molecule has 0 fully saturated rings. The van der Waals surface area contributed by atoms with Gasteiger partial charge in [-0.1, -0.05) is 29.4 Å². The number of hydrogen-bond acceptors (Lipinski definition) is 4. The van der Waals surface area contributed by atoms with Crippen LogP contribution in [-0.2, 0) is 17.6 Å². The number of pyridine rings is 1. The number of nitrogens with one attached hydrogen (secondary N) is 1. The highest BCUT2D eigenvalue weighted by molar-refractivity contribution is 8.00. The van der Waals surface area contributed by atoms with Gasteiger partial charge in [-0.3, -0.25) is 4.79 Å². The lowest BCUT2D eigenvalue weighted by molar-refractivity contribution is -0.115. The lowest BCUT2D eigenvalue weighted by Gasteiger charge is -2.18. The molecular weight excluding hydrogens is 378 g/mol. The summed E-state index contributed by atoms with van der Waals surface area (Å²) in [5.41, 5.74) is 5.39. The van der Waals surface area contributed by atoms with E-state index in [4.69, 9.17) is 16.6 Å². The fraction of sp³-hybridized carbons (Fsp3) is 0.381. The molecule has 1 aromatic carbocycles. The van der Waals surface area contributed by atoms with Crippen LogP contribution < -0.4 is 5.32 Å². The SMILES string of the molecule is Cc1cc(C)c(NC(=O)C(C)Sc2nc3c(cc2C#N)CCCC3)c(Cl)c1. The van der Waals surface area contributed by atoms with Gasteiger partial charge < -0.3 is 5.32 Å². The van der Waals surface area contributed by atoms with Gasteiger partial charge in [0.05, 0.1) is 21.5 Å². The molecule has 0 aliphatic heterocycles. The zero-order valence-electron chi connectivity index (χ0n) is 15.7. The van der Waals surface area contributed by atoms with E-state index in [2.05, 4.69) is 11.4 Å². The molecule has 1 atom stereocenters. The second-order valence-electron chi connectivity index (χ2n) is 6.95. The Morgan fingerprint density at radius 3 is 2.74 bits per heavy atom. The summed E-state index contributed by atoms with van der Waals surface area (Å²) in [6.07, 6.45) is 4.18. The van der Waals surface area contributed by atoms with Gasteiger partial charge in [0.1, 0.15) is 11.1 Å². The van der Waals surface area contributed by atoms with Crippen molar-refractivity contribution in [3.8, 4) is 6.07 Å². The molecule has 0 spiro atoms. The molecule has 4 nitrogen and oxygen atoms in total. The molecule has 1 unspecified atom stereocenters. The van der Waals surface area contributed by atoms with Gasteiger partial charge in [-0.25, -0.2) is 4.98 Å². The largest absolute Gasteiger partial charge is 0.324 e. The van der Waals surface area contributed by atoms with E-state index >= 15 is 0 Å². The Morgan fingerprint density at radius 2 is 2.04 bits per heavy atom. The minimum absolute atomic E-state index is 0.155. The van der Waals surface area contributed by atoms with Crippen molar-refractivity contribution in [1.29, 1.82) is 5.26 Å². The molecule has 1 aliphatic carbocycles. The Morgan fingerprint density at radius 1 is 1.30 bits per heavy atom. The summed E-state index contributed by atoms with van der Waals surface area (Å²) in [4.78, 5) is 17.4. The number of aromatic nitrogens is 1. The molecule has 2 aromatic rings. The number of benzene rings is 1. The van der Waals surface area contributed by atoms with E-state index in [1.807, 2.05) is 39.0 Å². The Kier molecular flexibility index (Phi) is 6.08. The van der Waals surface area contributed by atoms with Gasteiger partial charge in [0.15, 0.2) is 0 Å². The van der Waals surface area contributed by atoms with Crippen LogP contribution in [0, 0.1) is 25.2 Å². The van der Waals surface area contributed by atoms with Crippen LogP contribution in [0.3, 0.4) is 0 Å². The summed E-state index contributed by atoms with van der Waals surface area (Å²) in [6.45, 7) is 5.71. The Labute approximate surface area is 169 Å². The van der Waals surface area contributed by atoms with E-state index < -0.39 is 5.25 Å². The van der Waals surface area contributed by atoms with Crippen molar-refractivity contribution >= 4 is 35.0 Å². The third-order valence-electron chi connectivity index (χ3n) is 4.72. The number of carbonyl (C=O) groups is 1. The van der Waals surface area contributed by atoms with Crippen molar-refractivity contribution in [3.63, 3.8) is 0 Å². The van der Waals surface area contributed by atoms with Gasteiger partial charge in [0.25, 0.3) is 0 Å². The third-order valence-corrected chi connectivity index (χ3v) is 6.12. The minimum atomic E-state index is -0.400. The topological polar surface area (TPSA) is 65.8 Å². The van der Waals surface area contributed by atoms with Crippen molar-refractivity contribution in [2.45, 2.75) is 56.7 Å². The maximum atomic E-state index is 12.7. The number of nitriles is 1. The van der Waals surface area contributed by atoms with E-state index in [-0.39, 0.29) is 5.91 Å². The number of carbonyl (C=O) groups excluding carboxylic acids is 1. The quantitative estimate of drug-likeness (QED) is 0.715. The first kappa shape index (κ1) is 19.7. The van der Waals surface area contributed by atoms with E-state index in [0.29, 0.717) is 21.3 Å². The monoisotopic (exact) mass is 399 g/mol. The Hall–Kier alpha value is -2.03. The molecule has 0 saturated heterocycles. The number of halogens is 1. The summed E-state index contributed by atoms with van der Waals surface area (Å²) >= 11 is 7.61. The number of hydrogen-bond donors (Lipinski definition) is 1. The van der Waals surface area contributed by atoms with E-state index in [0.717, 1.165) is 42.5 Å². The highest BCUT2D eigenvalue weighted by Crippen LogP contribution is 2.32. The fourth-order valence-corrected chi connectivity index (χ4v) is 4.57. The van der Waals surface area contributed by atoms with Gasteiger partial charge in [-0.2, -0.15) is 5.26 Å². The summed E-state index contributed by atoms with van der Waals surface area (Å²) in [6, 6.07) is 7.99. The fourth-order valence-electron chi connectivity index (χ4n) is 3.30. The molecule has 140 valence electrons. The van der Waals surface area contributed by atoms with Gasteiger partial charge in [0.2, 0.25) is 5.91 Å². The summed E-state index contributed by atoms with van der Waals surface area (Å²) < 4.78 is 0. The molecule has 1 aromatic heterocycles. The molecule has 1 heterocycles. The zero-order chi connectivity index (χ0) is 19.6. The highest BCUT2D eigenvalue weighted by Gasteiger charge is 2.21. The Bertz CT molecular complexity index is 913. The summed E-state index contributed by atoms with van der Waals surface area (Å²) in [5, 5.41) is 13.2. The lowest BCUT2D eigenvalue weighted by Crippen LogP contribution is -2.23. The van der Waals surface area contributed by atoms with Crippen LogP contribution in [0.15, 0.2) is 23.2 Å². The van der Waals surface area contributed by atoms with E-state index in [1.165, 1.54) is 17.3 Å². The molecule has 0 saturated carbocycles. The molecule has 0 bridgehead atoms. The number of anilines is 1. The Balaban J connectivity index is 1.78. The number of amides is 1. The highest BCUT2D eigenvalue weighted by atomic mass is 35.5. The first-order valence-corrected chi connectivity index (χ1v) is 10.3. The second-order valence-corrected chi connectivity index (χ2v) is 8.69. The number of aryl methyl sites for hydroxylation is 4. The van der Waals surface area contributed by atoms with Crippen LogP contribution in [-0.4, -0.2) is 16.1 Å². The summed E-state index contributed by atoms with van der Waals surface area (Å²) in [5.74, 6) is -0.155. The van der Waals surface area contributed by atoms with E-state index in [9.17, 15) is 10.1 Å². The van der Waals surface area contributed by atoms with Gasteiger partial charge in [-0.15, -0.1) is 0 Å². The number of fused-ring (bicyclic) bond motifs is 1. The average Bonchev–Trinajstić information content (AvgIpc) is 2.63. The van der Waals surface area contributed by atoms with Crippen LogP contribution in [0.25, 0.3) is 0 Å². The molecule has 1 N–H and O–H groups in total. The second kappa shape index (κ2) is 8.33. The van der Waals surface area contributed by atoms with Crippen LogP contribution in [0.4, 0.5) is 5.69 Å². The van der Waals surface area contributed by atoms with Crippen molar-refractivity contribution < 1.29 is 4.79 Å².